The molecule has 2 aromatic rings. The molecule has 0 aliphatic rings. The number of nitrogens with one attached hydrogen (secondary N) is 1. The number of hydrogen-bond donors (Lipinski definition) is 4. The van der Waals surface area contributed by atoms with E-state index in [1.54, 1.807) is 13.8 Å². The summed E-state index contributed by atoms with van der Waals surface area (Å²) >= 11 is 3.05. The van der Waals surface area contributed by atoms with E-state index < -0.39 is 28.6 Å². The molecular weight excluding hydrogens is 354 g/mol. The van der Waals surface area contributed by atoms with E-state index in [0.717, 1.165) is 6.07 Å². The lowest BCUT2D eigenvalue weighted by Gasteiger charge is -2.07. The number of halogens is 1. The Kier molecular flexibility index (Phi) is 4.27. The van der Waals surface area contributed by atoms with Gasteiger partial charge in [0.15, 0.2) is 17.2 Å². The Hall–Kier alpha value is -2.28. The van der Waals surface area contributed by atoms with Crippen molar-refractivity contribution < 1.29 is 20.1 Å². The molecule has 0 aromatic heterocycles. The zero-order valence-corrected chi connectivity index (χ0v) is 13.4. The van der Waals surface area contributed by atoms with Gasteiger partial charge in [-0.15, -0.1) is 0 Å². The first-order chi connectivity index (χ1) is 10.2. The van der Waals surface area contributed by atoms with E-state index >= 15 is 0 Å². The van der Waals surface area contributed by atoms with Gasteiger partial charge in [-0.3, -0.25) is 9.59 Å². The van der Waals surface area contributed by atoms with Gasteiger partial charge in [-0.25, -0.2) is 0 Å². The van der Waals surface area contributed by atoms with E-state index in [1.165, 1.54) is 12.1 Å². The van der Waals surface area contributed by atoms with Gasteiger partial charge >= 0.3 is 0 Å². The molecule has 6 nitrogen and oxygen atoms in total. The lowest BCUT2D eigenvalue weighted by Crippen LogP contribution is -2.29. The van der Waals surface area contributed by atoms with E-state index in [2.05, 4.69) is 21.2 Å². The SMILES string of the molecule is CC(C)NC(=O)c1cc(O)c(=O)c2c(O)c(O)c(Br)cc2c1. The number of fused-ring (bicyclic) bond motifs is 1. The molecular formula is C15H14BrNO5. The molecule has 0 spiro atoms. The van der Waals surface area contributed by atoms with Crippen LogP contribution in [0.25, 0.3) is 10.8 Å². The molecule has 7 heteroatoms. The summed E-state index contributed by atoms with van der Waals surface area (Å²) in [5.41, 5.74) is -0.811. The largest absolute Gasteiger partial charge is 0.504 e. The summed E-state index contributed by atoms with van der Waals surface area (Å²) in [5.74, 6) is -2.33. The highest BCUT2D eigenvalue weighted by atomic mass is 79.9. The van der Waals surface area contributed by atoms with Crippen LogP contribution < -0.4 is 10.7 Å². The number of amides is 1. The molecule has 0 saturated heterocycles. The van der Waals surface area contributed by atoms with Gasteiger partial charge in [0.1, 0.15) is 0 Å². The molecule has 4 N–H and O–H groups in total. The van der Waals surface area contributed by atoms with Crippen molar-refractivity contribution in [3.8, 4) is 17.2 Å². The van der Waals surface area contributed by atoms with Gasteiger partial charge in [-0.05, 0) is 53.4 Å². The number of phenols is 2. The van der Waals surface area contributed by atoms with Gasteiger partial charge in [0.2, 0.25) is 5.43 Å². The Bertz CT molecular complexity index is 832. The lowest BCUT2D eigenvalue weighted by atomic mass is 10.1. The van der Waals surface area contributed by atoms with Gasteiger partial charge in [-0.1, -0.05) is 0 Å². The number of carbonyl (C=O) groups is 1. The van der Waals surface area contributed by atoms with Crippen LogP contribution in [0.1, 0.15) is 24.2 Å². The Balaban J connectivity index is 2.86. The molecule has 0 aliphatic carbocycles. The first kappa shape index (κ1) is 16.1. The molecule has 0 atom stereocenters. The van der Waals surface area contributed by atoms with E-state index in [0.29, 0.717) is 0 Å². The summed E-state index contributed by atoms with van der Waals surface area (Å²) in [6, 6.07) is 3.65. The molecule has 0 fully saturated rings. The third-order valence-electron chi connectivity index (χ3n) is 3.00. The Morgan fingerprint density at radius 2 is 1.77 bits per heavy atom. The van der Waals surface area contributed by atoms with E-state index in [-0.39, 0.29) is 26.9 Å². The predicted molar refractivity (Wildman–Crippen MR) is 85.5 cm³/mol. The van der Waals surface area contributed by atoms with Crippen LogP contribution in [0, 0.1) is 0 Å². The van der Waals surface area contributed by atoms with Crippen molar-refractivity contribution in [3.63, 3.8) is 0 Å². The Labute approximate surface area is 134 Å². The first-order valence-electron chi connectivity index (χ1n) is 6.44. The number of carbonyl (C=O) groups excluding carboxylic acids is 1. The standard InChI is InChI=1S/C15H14BrNO5/c1-6(2)17-15(22)8-3-7-4-9(16)12(19)14(21)11(7)13(20)10(18)5-8/h3-6,19,21H,1-2H3,(H,17,22)(H,18,20). The molecule has 1 amide bonds. The normalized spacial score (nSPS) is 10.9. The maximum Gasteiger partial charge on any atom is 0.251 e. The second-order valence-corrected chi connectivity index (χ2v) is 5.96. The summed E-state index contributed by atoms with van der Waals surface area (Å²) in [6.45, 7) is 3.55. The molecule has 2 aromatic carbocycles. The van der Waals surface area contributed by atoms with Crippen LogP contribution in [0.5, 0.6) is 17.2 Å². The summed E-state index contributed by atoms with van der Waals surface area (Å²) in [6.07, 6.45) is 0. The fourth-order valence-corrected chi connectivity index (χ4v) is 2.46. The number of benzene rings is 1. The molecule has 0 saturated carbocycles. The van der Waals surface area contributed by atoms with Gasteiger partial charge in [0.25, 0.3) is 5.91 Å². The summed E-state index contributed by atoms with van der Waals surface area (Å²) in [4.78, 5) is 24.2. The minimum atomic E-state index is -0.876. The summed E-state index contributed by atoms with van der Waals surface area (Å²) < 4.78 is 0.165. The van der Waals surface area contributed by atoms with E-state index in [4.69, 9.17) is 0 Å². The second kappa shape index (κ2) is 5.84. The molecule has 2 rings (SSSR count). The summed E-state index contributed by atoms with van der Waals surface area (Å²) in [7, 11) is 0. The zero-order valence-electron chi connectivity index (χ0n) is 11.8. The van der Waals surface area contributed by atoms with Gasteiger partial charge < -0.3 is 20.6 Å². The van der Waals surface area contributed by atoms with Gasteiger partial charge in [-0.2, -0.15) is 0 Å². The highest BCUT2D eigenvalue weighted by Gasteiger charge is 2.17. The average Bonchev–Trinajstić information content (AvgIpc) is 2.54. The second-order valence-electron chi connectivity index (χ2n) is 5.11. The highest BCUT2D eigenvalue weighted by molar-refractivity contribution is 9.10. The van der Waals surface area contributed by atoms with Crippen LogP contribution in [-0.2, 0) is 0 Å². The topological polar surface area (TPSA) is 107 Å². The number of hydrogen-bond acceptors (Lipinski definition) is 5. The van der Waals surface area contributed by atoms with Crippen LogP contribution in [0.15, 0.2) is 27.5 Å². The lowest BCUT2D eigenvalue weighted by molar-refractivity contribution is 0.0943. The molecule has 0 radical (unpaired) electrons. The smallest absolute Gasteiger partial charge is 0.251 e. The fraction of sp³-hybridized carbons (Fsp3) is 0.200. The van der Waals surface area contributed by atoms with Crippen LogP contribution in [0.3, 0.4) is 0 Å². The van der Waals surface area contributed by atoms with E-state index in [9.17, 15) is 24.9 Å². The maximum absolute atomic E-state index is 12.1. The van der Waals surface area contributed by atoms with Crippen LogP contribution in [-0.4, -0.2) is 27.3 Å². The van der Waals surface area contributed by atoms with Crippen molar-refractivity contribution in [1.29, 1.82) is 0 Å². The van der Waals surface area contributed by atoms with E-state index in [1.807, 2.05) is 0 Å². The van der Waals surface area contributed by atoms with Crippen molar-refractivity contribution in [1.82, 2.24) is 5.32 Å². The van der Waals surface area contributed by atoms with Gasteiger partial charge in [0, 0.05) is 11.6 Å². The van der Waals surface area contributed by atoms with Crippen LogP contribution in [0.2, 0.25) is 0 Å². The molecule has 0 aliphatic heterocycles. The van der Waals surface area contributed by atoms with Crippen LogP contribution in [0.4, 0.5) is 0 Å². The monoisotopic (exact) mass is 367 g/mol. The molecule has 0 bridgehead atoms. The fourth-order valence-electron chi connectivity index (χ4n) is 2.02. The predicted octanol–water partition coefficient (Wildman–Crippen LogP) is 2.22. The van der Waals surface area contributed by atoms with Crippen LogP contribution >= 0.6 is 15.9 Å². The molecule has 0 unspecified atom stereocenters. The quantitative estimate of drug-likeness (QED) is 0.608. The van der Waals surface area contributed by atoms with Gasteiger partial charge in [0.05, 0.1) is 9.86 Å². The Morgan fingerprint density at radius 1 is 1.14 bits per heavy atom. The first-order valence-corrected chi connectivity index (χ1v) is 7.24. The highest BCUT2D eigenvalue weighted by Crippen LogP contribution is 2.38. The van der Waals surface area contributed by atoms with Crippen molar-refractivity contribution in [3.05, 3.63) is 38.5 Å². The molecule has 22 heavy (non-hydrogen) atoms. The summed E-state index contributed by atoms with van der Waals surface area (Å²) in [5, 5.41) is 32.1. The third-order valence-corrected chi connectivity index (χ3v) is 3.61. The van der Waals surface area contributed by atoms with Crippen molar-refractivity contribution in [2.45, 2.75) is 19.9 Å². The third kappa shape index (κ3) is 2.85. The van der Waals surface area contributed by atoms with Crippen molar-refractivity contribution >= 4 is 32.6 Å². The minimum Gasteiger partial charge on any atom is -0.504 e. The average molecular weight is 368 g/mol. The number of phenolic OH excluding ortho intramolecular Hbond substituents is 2. The van der Waals surface area contributed by atoms with Crippen molar-refractivity contribution in [2.75, 3.05) is 0 Å². The Morgan fingerprint density at radius 3 is 2.36 bits per heavy atom. The zero-order chi connectivity index (χ0) is 16.6. The number of rotatable bonds is 2. The molecule has 0 heterocycles. The van der Waals surface area contributed by atoms with Crippen molar-refractivity contribution in [2.24, 2.45) is 0 Å². The maximum atomic E-state index is 12.1. The number of aromatic hydroxyl groups is 3. The minimum absolute atomic E-state index is 0.0651. The molecule has 116 valence electrons.